The average Bonchev–Trinajstić information content (AvgIpc) is 3.24. The molecule has 0 aliphatic rings. The van der Waals surface area contributed by atoms with Crippen molar-refractivity contribution in [2.75, 3.05) is 0 Å². The maximum atomic E-state index is 5.28. The van der Waals surface area contributed by atoms with Gasteiger partial charge in [-0.05, 0) is 53.4 Å². The Kier molecular flexibility index (Phi) is 8.02. The monoisotopic (exact) mass is 668 g/mol. The van der Waals surface area contributed by atoms with E-state index in [2.05, 4.69) is 103 Å². The van der Waals surface area contributed by atoms with Crippen LogP contribution in [0.15, 0.2) is 164 Å². The lowest BCUT2D eigenvalue weighted by Gasteiger charge is -2.12. The molecule has 9 rings (SSSR count). The first-order valence-corrected chi connectivity index (χ1v) is 17.4. The third-order valence-corrected chi connectivity index (χ3v) is 9.42. The van der Waals surface area contributed by atoms with Gasteiger partial charge in [-0.1, -0.05) is 128 Å². The maximum Gasteiger partial charge on any atom is 0.164 e. The molecule has 0 aliphatic heterocycles. The lowest BCUT2D eigenvalue weighted by Crippen LogP contribution is -2.00. The Hall–Kier alpha value is -6.92. The Morgan fingerprint density at radius 2 is 0.942 bits per heavy atom. The van der Waals surface area contributed by atoms with Gasteiger partial charge < -0.3 is 0 Å². The summed E-state index contributed by atoms with van der Waals surface area (Å²) in [6, 6.07) is 51.9. The van der Waals surface area contributed by atoms with Crippen molar-refractivity contribution in [1.82, 2.24) is 29.9 Å². The second-order valence-corrected chi connectivity index (χ2v) is 12.7. The molecule has 0 bridgehead atoms. The van der Waals surface area contributed by atoms with Gasteiger partial charge in [0.25, 0.3) is 0 Å². The van der Waals surface area contributed by atoms with Gasteiger partial charge in [-0.2, -0.15) is 0 Å². The van der Waals surface area contributed by atoms with E-state index in [0.29, 0.717) is 17.5 Å². The molecule has 4 aromatic heterocycles. The van der Waals surface area contributed by atoms with Gasteiger partial charge in [0.2, 0.25) is 0 Å². The zero-order chi connectivity index (χ0) is 34.9. The fraction of sp³-hybridized carbons (Fsp3) is 0.0435. The van der Waals surface area contributed by atoms with Crippen LogP contribution in [0.3, 0.4) is 0 Å². The van der Waals surface area contributed by atoms with Gasteiger partial charge >= 0.3 is 0 Å². The van der Waals surface area contributed by atoms with Crippen molar-refractivity contribution in [1.29, 1.82) is 0 Å². The van der Waals surface area contributed by atoms with Crippen LogP contribution in [0.2, 0.25) is 0 Å². The first-order valence-electron chi connectivity index (χ1n) is 17.4. The Balaban J connectivity index is 1.09. The molecule has 0 unspecified atom stereocenters. The summed E-state index contributed by atoms with van der Waals surface area (Å²) in [5.74, 6) is 1.85. The number of rotatable bonds is 7. The number of aromatic nitrogens is 6. The van der Waals surface area contributed by atoms with E-state index < -0.39 is 0 Å². The highest BCUT2D eigenvalue weighted by Crippen LogP contribution is 2.33. The topological polar surface area (TPSA) is 77.3 Å². The van der Waals surface area contributed by atoms with E-state index in [9.17, 15) is 0 Å². The zero-order valence-corrected chi connectivity index (χ0v) is 28.5. The van der Waals surface area contributed by atoms with Gasteiger partial charge in [-0.15, -0.1) is 0 Å². The highest BCUT2D eigenvalue weighted by Gasteiger charge is 2.15. The van der Waals surface area contributed by atoms with Crippen molar-refractivity contribution in [3.63, 3.8) is 0 Å². The van der Waals surface area contributed by atoms with Crippen LogP contribution in [0, 0.1) is 0 Å². The van der Waals surface area contributed by atoms with Crippen molar-refractivity contribution >= 4 is 21.8 Å². The van der Waals surface area contributed by atoms with Crippen LogP contribution in [-0.2, 0) is 6.42 Å². The number of pyridine rings is 3. The first kappa shape index (κ1) is 31.1. The quantitative estimate of drug-likeness (QED) is 0.157. The first-order chi connectivity index (χ1) is 25.7. The Morgan fingerprint density at radius 3 is 1.63 bits per heavy atom. The van der Waals surface area contributed by atoms with Crippen molar-refractivity contribution < 1.29 is 0 Å². The molecule has 246 valence electrons. The van der Waals surface area contributed by atoms with E-state index in [4.69, 9.17) is 24.9 Å². The molecule has 0 saturated carbocycles. The fourth-order valence-corrected chi connectivity index (χ4v) is 6.67. The minimum absolute atomic E-state index is 0.608. The minimum atomic E-state index is 0.608. The summed E-state index contributed by atoms with van der Waals surface area (Å²) in [6.07, 6.45) is 4.39. The molecule has 0 atom stereocenters. The lowest BCUT2D eigenvalue weighted by molar-refractivity contribution is 1.07. The molecule has 52 heavy (non-hydrogen) atoms. The number of aryl methyl sites for hydroxylation is 1. The van der Waals surface area contributed by atoms with Crippen LogP contribution >= 0.6 is 0 Å². The normalized spacial score (nSPS) is 11.2. The second kappa shape index (κ2) is 13.4. The van der Waals surface area contributed by atoms with E-state index >= 15 is 0 Å². The van der Waals surface area contributed by atoms with E-state index in [-0.39, 0.29) is 0 Å². The summed E-state index contributed by atoms with van der Waals surface area (Å²) in [5, 5.41) is 2.22. The molecule has 0 fully saturated rings. The van der Waals surface area contributed by atoms with Crippen molar-refractivity contribution in [2.24, 2.45) is 0 Å². The van der Waals surface area contributed by atoms with Crippen LogP contribution in [0.25, 0.3) is 89.6 Å². The van der Waals surface area contributed by atoms with E-state index in [0.717, 1.165) is 78.6 Å². The summed E-state index contributed by atoms with van der Waals surface area (Å²) in [7, 11) is 0. The Morgan fingerprint density at radius 1 is 0.385 bits per heavy atom. The number of fused-ring (bicyclic) bond motifs is 3. The highest BCUT2D eigenvalue weighted by molar-refractivity contribution is 6.05. The third kappa shape index (κ3) is 5.97. The summed E-state index contributed by atoms with van der Waals surface area (Å²) in [4.78, 5) is 29.2. The molecule has 0 saturated heterocycles. The third-order valence-electron chi connectivity index (χ3n) is 9.42. The van der Waals surface area contributed by atoms with Crippen LogP contribution in [0.4, 0.5) is 0 Å². The van der Waals surface area contributed by atoms with Crippen molar-refractivity contribution in [3.8, 4) is 67.8 Å². The molecule has 0 aliphatic carbocycles. The van der Waals surface area contributed by atoms with Gasteiger partial charge in [0.05, 0.1) is 22.4 Å². The van der Waals surface area contributed by atoms with Crippen LogP contribution < -0.4 is 0 Å². The largest absolute Gasteiger partial charge is 0.265 e. The van der Waals surface area contributed by atoms with Crippen molar-refractivity contribution in [2.45, 2.75) is 13.3 Å². The zero-order valence-electron chi connectivity index (χ0n) is 28.5. The fourth-order valence-electron chi connectivity index (χ4n) is 6.67. The molecule has 5 aromatic carbocycles. The van der Waals surface area contributed by atoms with Crippen LogP contribution in [-0.4, -0.2) is 29.9 Å². The van der Waals surface area contributed by atoms with Gasteiger partial charge in [0, 0.05) is 51.0 Å². The standard InChI is InChI=1S/C46H32N6/c1-2-30-29-41(49-43-39(30)22-20-33-21-23-40(48-42(33)43)32-10-5-3-6-11-32)38-15-9-14-37(28-38)31-16-18-35(19-17-31)45-50-44(34-12-7-4-8-13-34)51-46(52-45)36-24-26-47-27-25-36/h3-29H,2H2,1H3. The van der Waals surface area contributed by atoms with Crippen LogP contribution in [0.5, 0.6) is 0 Å². The van der Waals surface area contributed by atoms with Gasteiger partial charge in [-0.25, -0.2) is 24.9 Å². The number of hydrogen-bond acceptors (Lipinski definition) is 6. The predicted molar refractivity (Wildman–Crippen MR) is 210 cm³/mol. The molecule has 6 heteroatoms. The molecule has 6 nitrogen and oxygen atoms in total. The maximum absolute atomic E-state index is 5.28. The smallest absolute Gasteiger partial charge is 0.164 e. The summed E-state index contributed by atoms with van der Waals surface area (Å²) < 4.78 is 0. The Bertz CT molecular complexity index is 2640. The molecular formula is C46H32N6. The summed E-state index contributed by atoms with van der Waals surface area (Å²) in [5.41, 5.74) is 12.0. The van der Waals surface area contributed by atoms with Gasteiger partial charge in [0.15, 0.2) is 17.5 Å². The average molecular weight is 669 g/mol. The molecule has 4 heterocycles. The van der Waals surface area contributed by atoms with E-state index in [1.807, 2.05) is 60.7 Å². The minimum Gasteiger partial charge on any atom is -0.265 e. The Labute approximate surface area is 301 Å². The molecule has 9 aromatic rings. The number of nitrogens with zero attached hydrogens (tertiary/aromatic N) is 6. The van der Waals surface area contributed by atoms with Gasteiger partial charge in [-0.3, -0.25) is 4.98 Å². The number of benzene rings is 5. The summed E-state index contributed by atoms with van der Waals surface area (Å²) >= 11 is 0. The SMILES string of the molecule is CCc1cc(-c2cccc(-c3ccc(-c4nc(-c5ccccc5)nc(-c5ccncc5)n4)cc3)c2)nc2c1ccc1ccc(-c3ccccc3)nc12. The lowest BCUT2D eigenvalue weighted by atomic mass is 9.97. The molecular weight excluding hydrogens is 637 g/mol. The molecule has 0 spiro atoms. The molecule has 0 N–H and O–H groups in total. The predicted octanol–water partition coefficient (Wildman–Crippen LogP) is 10.9. The second-order valence-electron chi connectivity index (χ2n) is 12.7. The van der Waals surface area contributed by atoms with Crippen molar-refractivity contribution in [3.05, 3.63) is 170 Å². The molecule has 0 amide bonds. The highest BCUT2D eigenvalue weighted by atomic mass is 15.0. The van der Waals surface area contributed by atoms with E-state index in [1.165, 1.54) is 5.56 Å². The molecule has 0 radical (unpaired) electrons. The summed E-state index contributed by atoms with van der Waals surface area (Å²) in [6.45, 7) is 2.20. The van der Waals surface area contributed by atoms with Crippen LogP contribution in [0.1, 0.15) is 12.5 Å². The number of hydrogen-bond donors (Lipinski definition) is 0. The van der Waals surface area contributed by atoms with Gasteiger partial charge in [0.1, 0.15) is 0 Å². The van der Waals surface area contributed by atoms with E-state index in [1.54, 1.807) is 12.4 Å².